The van der Waals surface area contributed by atoms with E-state index >= 15 is 0 Å². The van der Waals surface area contributed by atoms with Crippen LogP contribution < -0.4 is 0 Å². The Morgan fingerprint density at radius 2 is 0.742 bits per heavy atom. The highest BCUT2D eigenvalue weighted by Crippen LogP contribution is 2.43. The zero-order chi connectivity index (χ0) is 43.6. The Morgan fingerprint density at radius 1 is 0.273 bits per heavy atom. The molecule has 0 aliphatic heterocycles. The van der Waals surface area contributed by atoms with Crippen LogP contribution in [0.15, 0.2) is 249 Å². The topological polar surface area (TPSA) is 22.8 Å². The Labute approximate surface area is 382 Å². The van der Waals surface area contributed by atoms with Gasteiger partial charge in [-0.15, -0.1) is 0 Å². The highest BCUT2D eigenvalue weighted by molar-refractivity contribution is 6.17. The van der Waals surface area contributed by atoms with Crippen molar-refractivity contribution in [2.24, 2.45) is 0 Å². The standard InChI is InChI=1S/C63H41N3/c1-5-18-43(19-6-1)60-40-49-35-45(30-33-58(49)65(60)52-22-9-3-10-23-52)47-37-48(46-31-34-59-50(36-46)41-61(44-20-7-2-8-21-44)66(59)53-24-11-4-12-25-53)39-51(38-47)62-55-27-15-16-28-57(55)64-63-54-26-14-13-17-42(54)29-32-56(62)63/h1-41H. The van der Waals surface area contributed by atoms with Crippen molar-refractivity contribution < 1.29 is 0 Å². The third-order valence-corrected chi connectivity index (χ3v) is 13.2. The van der Waals surface area contributed by atoms with Crippen molar-refractivity contribution in [3.63, 3.8) is 0 Å². The Bertz CT molecular complexity index is 3780. The van der Waals surface area contributed by atoms with E-state index in [1.807, 2.05) is 0 Å². The van der Waals surface area contributed by atoms with Gasteiger partial charge in [-0.3, -0.25) is 0 Å². The van der Waals surface area contributed by atoms with Crippen molar-refractivity contribution in [3.8, 4) is 67.3 Å². The molecule has 0 fully saturated rings. The minimum atomic E-state index is 0.984. The van der Waals surface area contributed by atoms with Gasteiger partial charge in [-0.25, -0.2) is 4.98 Å². The molecule has 10 aromatic carbocycles. The quantitative estimate of drug-likeness (QED) is 0.116. The average Bonchev–Trinajstić information content (AvgIpc) is 3.98. The first-order chi connectivity index (χ1) is 32.7. The van der Waals surface area contributed by atoms with Crippen LogP contribution in [0.25, 0.3) is 122 Å². The van der Waals surface area contributed by atoms with Crippen LogP contribution >= 0.6 is 0 Å². The lowest BCUT2D eigenvalue weighted by molar-refractivity contribution is 1.13. The van der Waals surface area contributed by atoms with Crippen molar-refractivity contribution in [2.75, 3.05) is 0 Å². The maximum atomic E-state index is 5.34. The van der Waals surface area contributed by atoms with E-state index in [0.29, 0.717) is 0 Å². The zero-order valence-corrected chi connectivity index (χ0v) is 36.0. The highest BCUT2D eigenvalue weighted by Gasteiger charge is 2.19. The van der Waals surface area contributed by atoms with E-state index in [1.54, 1.807) is 0 Å². The van der Waals surface area contributed by atoms with Crippen LogP contribution in [0, 0.1) is 0 Å². The zero-order valence-electron chi connectivity index (χ0n) is 36.0. The Morgan fingerprint density at radius 3 is 1.30 bits per heavy atom. The summed E-state index contributed by atoms with van der Waals surface area (Å²) in [6, 6.07) is 90.3. The number of fused-ring (bicyclic) bond motifs is 6. The van der Waals surface area contributed by atoms with Gasteiger partial charge in [-0.1, -0.05) is 164 Å². The van der Waals surface area contributed by atoms with Crippen molar-refractivity contribution in [3.05, 3.63) is 249 Å². The van der Waals surface area contributed by atoms with Crippen molar-refractivity contribution >= 4 is 54.4 Å². The molecule has 0 unspecified atom stereocenters. The van der Waals surface area contributed by atoms with Crippen molar-refractivity contribution in [1.82, 2.24) is 14.1 Å². The molecule has 0 spiro atoms. The first-order valence-corrected chi connectivity index (χ1v) is 22.6. The number of hydrogen-bond donors (Lipinski definition) is 0. The summed E-state index contributed by atoms with van der Waals surface area (Å²) in [6.07, 6.45) is 0. The third kappa shape index (κ3) is 6.32. The van der Waals surface area contributed by atoms with Gasteiger partial charge in [0, 0.05) is 43.9 Å². The maximum absolute atomic E-state index is 5.34. The molecule has 0 saturated heterocycles. The van der Waals surface area contributed by atoms with Gasteiger partial charge in [0.05, 0.1) is 33.5 Å². The molecule has 3 heterocycles. The second-order valence-electron chi connectivity index (χ2n) is 17.2. The van der Waals surface area contributed by atoms with Crippen LogP contribution in [0.4, 0.5) is 0 Å². The van der Waals surface area contributed by atoms with Gasteiger partial charge >= 0.3 is 0 Å². The number of pyridine rings is 1. The fraction of sp³-hybridized carbons (Fsp3) is 0. The summed E-state index contributed by atoms with van der Waals surface area (Å²) in [5.41, 5.74) is 18.3. The largest absolute Gasteiger partial charge is 0.309 e. The molecule has 13 rings (SSSR count). The second kappa shape index (κ2) is 15.5. The molecule has 0 amide bonds. The fourth-order valence-electron chi connectivity index (χ4n) is 10.2. The summed E-state index contributed by atoms with van der Waals surface area (Å²) < 4.78 is 4.77. The molecule has 0 N–H and O–H groups in total. The number of rotatable bonds is 7. The van der Waals surface area contributed by atoms with Crippen molar-refractivity contribution in [1.29, 1.82) is 0 Å². The second-order valence-corrected chi connectivity index (χ2v) is 17.2. The molecule has 0 atom stereocenters. The summed E-state index contributed by atoms with van der Waals surface area (Å²) in [6.45, 7) is 0. The molecular weight excluding hydrogens is 799 g/mol. The van der Waals surface area contributed by atoms with E-state index in [1.165, 1.54) is 43.9 Å². The lowest BCUT2D eigenvalue weighted by Gasteiger charge is -2.16. The Hall–Kier alpha value is -8.79. The molecule has 3 aromatic heterocycles. The first kappa shape index (κ1) is 37.7. The van der Waals surface area contributed by atoms with Crippen LogP contribution in [-0.2, 0) is 0 Å². The lowest BCUT2D eigenvalue weighted by atomic mass is 9.89. The molecule has 0 bridgehead atoms. The van der Waals surface area contributed by atoms with E-state index in [4.69, 9.17) is 4.98 Å². The number of para-hydroxylation sites is 3. The minimum Gasteiger partial charge on any atom is -0.309 e. The molecule has 308 valence electrons. The first-order valence-electron chi connectivity index (χ1n) is 22.6. The van der Waals surface area contributed by atoms with Crippen LogP contribution in [0.1, 0.15) is 0 Å². The molecule has 0 aliphatic carbocycles. The minimum absolute atomic E-state index is 0.984. The van der Waals surface area contributed by atoms with E-state index in [9.17, 15) is 0 Å². The fourth-order valence-corrected chi connectivity index (χ4v) is 10.2. The smallest absolute Gasteiger partial charge is 0.0794 e. The summed E-state index contributed by atoms with van der Waals surface area (Å²) >= 11 is 0. The molecule has 0 saturated carbocycles. The van der Waals surface area contributed by atoms with E-state index in [2.05, 4.69) is 258 Å². The van der Waals surface area contributed by atoms with Gasteiger partial charge in [0.2, 0.25) is 0 Å². The number of aromatic nitrogens is 3. The normalized spacial score (nSPS) is 11.6. The number of benzene rings is 10. The molecular formula is C63H41N3. The average molecular weight is 840 g/mol. The van der Waals surface area contributed by atoms with E-state index in [0.717, 1.165) is 77.8 Å². The Kier molecular flexibility index (Phi) is 8.85. The summed E-state index contributed by atoms with van der Waals surface area (Å²) in [4.78, 5) is 5.34. The molecule has 66 heavy (non-hydrogen) atoms. The predicted octanol–water partition coefficient (Wildman–Crippen LogP) is 16.8. The van der Waals surface area contributed by atoms with Gasteiger partial charge in [0.1, 0.15) is 0 Å². The summed E-state index contributed by atoms with van der Waals surface area (Å²) in [5.74, 6) is 0. The van der Waals surface area contributed by atoms with Gasteiger partial charge in [-0.05, 0) is 129 Å². The SMILES string of the molecule is c1ccc(-c2cc3cc(-c4cc(-c5ccc6c(c5)cc(-c5ccccc5)n6-c5ccccc5)cc(-c5c6ccccc6nc6c5ccc5ccccc56)c4)ccc3n2-c2ccccc2)cc1. The van der Waals surface area contributed by atoms with Gasteiger partial charge < -0.3 is 9.13 Å². The van der Waals surface area contributed by atoms with Gasteiger partial charge in [-0.2, -0.15) is 0 Å². The maximum Gasteiger partial charge on any atom is 0.0794 e. The lowest BCUT2D eigenvalue weighted by Crippen LogP contribution is -1.96. The predicted molar refractivity (Wildman–Crippen MR) is 278 cm³/mol. The van der Waals surface area contributed by atoms with E-state index in [-0.39, 0.29) is 0 Å². The highest BCUT2D eigenvalue weighted by atomic mass is 15.0. The van der Waals surface area contributed by atoms with Crippen LogP contribution in [0.3, 0.4) is 0 Å². The number of nitrogens with zero attached hydrogens (tertiary/aromatic N) is 3. The van der Waals surface area contributed by atoms with Crippen LogP contribution in [-0.4, -0.2) is 14.1 Å². The summed E-state index contributed by atoms with van der Waals surface area (Å²) in [5, 5.41) is 6.99. The number of hydrogen-bond acceptors (Lipinski definition) is 1. The molecule has 0 radical (unpaired) electrons. The van der Waals surface area contributed by atoms with Gasteiger partial charge in [0.25, 0.3) is 0 Å². The van der Waals surface area contributed by atoms with Gasteiger partial charge in [0.15, 0.2) is 0 Å². The third-order valence-electron chi connectivity index (χ3n) is 13.2. The monoisotopic (exact) mass is 839 g/mol. The van der Waals surface area contributed by atoms with Crippen molar-refractivity contribution in [2.45, 2.75) is 0 Å². The summed E-state index contributed by atoms with van der Waals surface area (Å²) in [7, 11) is 0. The van der Waals surface area contributed by atoms with E-state index < -0.39 is 0 Å². The molecule has 3 heteroatoms. The molecule has 13 aromatic rings. The molecule has 0 aliphatic rings. The molecule has 3 nitrogen and oxygen atoms in total. The van der Waals surface area contributed by atoms with Crippen LogP contribution in [0.2, 0.25) is 0 Å². The Balaban J connectivity index is 1.06. The van der Waals surface area contributed by atoms with Crippen LogP contribution in [0.5, 0.6) is 0 Å².